The van der Waals surface area contributed by atoms with Gasteiger partial charge in [0, 0.05) is 6.61 Å². The number of hydrogen-bond donors (Lipinski definition) is 2. The quantitative estimate of drug-likeness (QED) is 0.655. The van der Waals surface area contributed by atoms with Crippen LogP contribution in [0.4, 0.5) is 0 Å². The van der Waals surface area contributed by atoms with Crippen LogP contribution in [-0.4, -0.2) is 22.9 Å². The molecule has 0 aromatic rings. The number of hydrogen-bond acceptors (Lipinski definition) is 2. The summed E-state index contributed by atoms with van der Waals surface area (Å²) in [5.74, 6) is 2.50. The van der Waals surface area contributed by atoms with Crippen LogP contribution in [0.15, 0.2) is 0 Å². The van der Waals surface area contributed by atoms with E-state index in [4.69, 9.17) is 0 Å². The number of aliphatic hydroxyl groups is 2. The minimum Gasteiger partial charge on any atom is -0.396 e. The highest BCUT2D eigenvalue weighted by molar-refractivity contribution is 4.98. The molecule has 20 heavy (non-hydrogen) atoms. The molecule has 1 rings (SSSR count). The monoisotopic (exact) mass is 285 g/mol. The van der Waals surface area contributed by atoms with Crippen LogP contribution in [0.2, 0.25) is 0 Å². The summed E-state index contributed by atoms with van der Waals surface area (Å²) in [6, 6.07) is 0. The predicted molar refractivity (Wildman–Crippen MR) is 85.6 cm³/mol. The zero-order valence-corrected chi connectivity index (χ0v) is 14.2. The van der Waals surface area contributed by atoms with Crippen LogP contribution in [0.25, 0.3) is 0 Å². The summed E-state index contributed by atoms with van der Waals surface area (Å²) < 4.78 is 0. The molecule has 0 radical (unpaired) electrons. The van der Waals surface area contributed by atoms with E-state index in [1.165, 1.54) is 25.7 Å². The fraction of sp³-hybridized carbons (Fsp3) is 1.00. The van der Waals surface area contributed by atoms with Crippen LogP contribution in [-0.2, 0) is 0 Å². The summed E-state index contributed by atoms with van der Waals surface area (Å²) in [5, 5.41) is 19.5. The highest BCUT2D eigenvalue weighted by Crippen LogP contribution is 2.54. The van der Waals surface area contributed by atoms with Crippen molar-refractivity contribution in [3.63, 3.8) is 0 Å². The lowest BCUT2D eigenvalue weighted by Crippen LogP contribution is -2.38. The molecule has 2 heteroatoms. The third kappa shape index (κ3) is 4.21. The van der Waals surface area contributed by atoms with Crippen LogP contribution in [0.5, 0.6) is 0 Å². The summed E-state index contributed by atoms with van der Waals surface area (Å²) in [6.07, 6.45) is 6.83. The lowest BCUT2D eigenvalue weighted by molar-refractivity contribution is 0.00631. The summed E-state index contributed by atoms with van der Waals surface area (Å²) in [5.41, 5.74) is 0.111. The van der Waals surface area contributed by atoms with Gasteiger partial charge in [0.2, 0.25) is 0 Å². The zero-order chi connectivity index (χ0) is 15.3. The van der Waals surface area contributed by atoms with Crippen molar-refractivity contribution in [3.8, 4) is 0 Å². The number of aliphatic hydroxyl groups excluding tert-OH is 2. The van der Waals surface area contributed by atoms with Gasteiger partial charge in [-0.25, -0.2) is 0 Å². The average molecular weight is 285 g/mol. The van der Waals surface area contributed by atoms with Crippen LogP contribution in [0.1, 0.15) is 73.1 Å². The summed E-state index contributed by atoms with van der Waals surface area (Å²) >= 11 is 0. The van der Waals surface area contributed by atoms with E-state index < -0.39 is 0 Å². The highest BCUT2D eigenvalue weighted by atomic mass is 16.3. The summed E-state index contributed by atoms with van der Waals surface area (Å²) in [6.45, 7) is 11.4. The molecule has 0 saturated heterocycles. The molecule has 1 aliphatic rings. The van der Waals surface area contributed by atoms with Crippen molar-refractivity contribution in [1.82, 2.24) is 0 Å². The topological polar surface area (TPSA) is 40.5 Å². The Morgan fingerprint density at radius 3 is 2.15 bits per heavy atom. The molecular weight excluding hydrogens is 249 g/mol. The maximum absolute atomic E-state index is 10.1. The molecule has 0 unspecified atom stereocenters. The van der Waals surface area contributed by atoms with Crippen molar-refractivity contribution in [1.29, 1.82) is 0 Å². The standard InChI is InChI=1S/C18H36O2/c1-13(2)7-6-8-14(3)16-9-10-17(15(4)20)18(16,5)11-12-19/h13-17,19-20H,6-12H2,1-5H3/t14-,15-,16-,17+,18-/m1/s1/i4+1. The van der Waals surface area contributed by atoms with E-state index in [0.717, 1.165) is 18.8 Å². The third-order valence-corrected chi connectivity index (χ3v) is 5.84. The van der Waals surface area contributed by atoms with Gasteiger partial charge in [0.15, 0.2) is 0 Å². The first kappa shape index (κ1) is 18.0. The molecule has 2 nitrogen and oxygen atoms in total. The molecule has 0 aliphatic heterocycles. The Morgan fingerprint density at radius 2 is 1.65 bits per heavy atom. The molecule has 2 N–H and O–H groups in total. The average Bonchev–Trinajstić information content (AvgIpc) is 2.66. The van der Waals surface area contributed by atoms with Gasteiger partial charge in [-0.2, -0.15) is 0 Å². The molecule has 1 fully saturated rings. The van der Waals surface area contributed by atoms with Crippen molar-refractivity contribution in [2.75, 3.05) is 6.61 Å². The smallest absolute Gasteiger partial charge is 0.0545 e. The van der Waals surface area contributed by atoms with Gasteiger partial charge < -0.3 is 10.2 Å². The Kier molecular flexibility index (Phi) is 7.00. The molecule has 0 spiro atoms. The van der Waals surface area contributed by atoms with Crippen molar-refractivity contribution < 1.29 is 10.2 Å². The lowest BCUT2D eigenvalue weighted by atomic mass is 9.66. The van der Waals surface area contributed by atoms with E-state index in [2.05, 4.69) is 27.7 Å². The summed E-state index contributed by atoms with van der Waals surface area (Å²) in [7, 11) is 0. The molecule has 0 aromatic heterocycles. The van der Waals surface area contributed by atoms with Gasteiger partial charge in [-0.1, -0.05) is 47.0 Å². The van der Waals surface area contributed by atoms with Crippen LogP contribution >= 0.6 is 0 Å². The van der Waals surface area contributed by atoms with Crippen molar-refractivity contribution >= 4 is 0 Å². The first-order valence-corrected chi connectivity index (χ1v) is 8.61. The molecule has 120 valence electrons. The molecule has 0 bridgehead atoms. The molecular formula is C18H36O2. The van der Waals surface area contributed by atoms with E-state index in [1.54, 1.807) is 0 Å². The highest BCUT2D eigenvalue weighted by Gasteiger charge is 2.49. The minimum absolute atomic E-state index is 0.111. The molecule has 5 atom stereocenters. The van der Waals surface area contributed by atoms with E-state index in [0.29, 0.717) is 17.8 Å². The Labute approximate surface area is 126 Å². The second-order valence-electron chi connectivity index (χ2n) is 7.81. The van der Waals surface area contributed by atoms with E-state index >= 15 is 0 Å². The lowest BCUT2D eigenvalue weighted by Gasteiger charge is -2.41. The Morgan fingerprint density at radius 1 is 1.05 bits per heavy atom. The SMILES string of the molecule is CC(C)CCC[C@@H](C)[C@H]1CC[C@@H]([C@@H]([13CH3])O)[C@]1(C)CCO. The van der Waals surface area contributed by atoms with Crippen LogP contribution in [0.3, 0.4) is 0 Å². The molecule has 1 aliphatic carbocycles. The van der Waals surface area contributed by atoms with Gasteiger partial charge >= 0.3 is 0 Å². The Hall–Kier alpha value is -0.0800. The van der Waals surface area contributed by atoms with Crippen molar-refractivity contribution in [2.24, 2.45) is 29.1 Å². The van der Waals surface area contributed by atoms with Gasteiger partial charge in [0.05, 0.1) is 6.10 Å². The van der Waals surface area contributed by atoms with E-state index in [1.807, 2.05) is 6.92 Å². The maximum atomic E-state index is 10.1. The van der Waals surface area contributed by atoms with E-state index in [-0.39, 0.29) is 18.1 Å². The van der Waals surface area contributed by atoms with Crippen LogP contribution < -0.4 is 0 Å². The number of rotatable bonds is 8. The first-order valence-electron chi connectivity index (χ1n) is 8.61. The maximum Gasteiger partial charge on any atom is 0.0545 e. The largest absolute Gasteiger partial charge is 0.396 e. The first-order chi connectivity index (χ1) is 9.32. The van der Waals surface area contributed by atoms with Crippen molar-refractivity contribution in [3.05, 3.63) is 0 Å². The molecule has 0 heterocycles. The van der Waals surface area contributed by atoms with Crippen LogP contribution in [0, 0.1) is 29.1 Å². The predicted octanol–water partition coefficient (Wildman–Crippen LogP) is 4.24. The van der Waals surface area contributed by atoms with E-state index in [9.17, 15) is 10.2 Å². The zero-order valence-electron chi connectivity index (χ0n) is 14.2. The summed E-state index contributed by atoms with van der Waals surface area (Å²) in [4.78, 5) is 0. The van der Waals surface area contributed by atoms with Gasteiger partial charge in [0.25, 0.3) is 0 Å². The van der Waals surface area contributed by atoms with Gasteiger partial charge in [-0.15, -0.1) is 0 Å². The minimum atomic E-state index is -0.251. The molecule has 0 aromatic carbocycles. The Balaban J connectivity index is 2.67. The van der Waals surface area contributed by atoms with Gasteiger partial charge in [0.1, 0.15) is 0 Å². The molecule has 1 saturated carbocycles. The normalized spacial score (nSPS) is 33.6. The van der Waals surface area contributed by atoms with Gasteiger partial charge in [-0.3, -0.25) is 0 Å². The second kappa shape index (κ2) is 7.79. The molecule has 0 amide bonds. The van der Waals surface area contributed by atoms with Crippen molar-refractivity contribution in [2.45, 2.75) is 79.2 Å². The second-order valence-corrected chi connectivity index (χ2v) is 7.81. The van der Waals surface area contributed by atoms with Gasteiger partial charge in [-0.05, 0) is 55.3 Å². The fourth-order valence-electron chi connectivity index (χ4n) is 4.68. The fourth-order valence-corrected chi connectivity index (χ4v) is 4.68. The Bertz CT molecular complexity index is 275. The third-order valence-electron chi connectivity index (χ3n) is 5.84.